The number of methoxy groups -OCH3 is 1. The van der Waals surface area contributed by atoms with E-state index in [1.807, 2.05) is 24.4 Å². The van der Waals surface area contributed by atoms with E-state index < -0.39 is 14.6 Å². The number of aromatic nitrogens is 3. The van der Waals surface area contributed by atoms with Gasteiger partial charge in [-0.15, -0.1) is 0 Å². The maximum absolute atomic E-state index is 13.0. The number of H-pyrrole nitrogens is 1. The van der Waals surface area contributed by atoms with Gasteiger partial charge in [-0.05, 0) is 31.4 Å². The molecule has 6 rings (SSSR count). The summed E-state index contributed by atoms with van der Waals surface area (Å²) in [6.45, 7) is 2.22. The number of anilines is 1. The van der Waals surface area contributed by atoms with Gasteiger partial charge in [0.1, 0.15) is 22.8 Å². The van der Waals surface area contributed by atoms with Crippen LogP contribution in [0.4, 0.5) is 5.82 Å². The molecule has 3 aromatic rings. The zero-order chi connectivity index (χ0) is 22.8. The molecule has 4 heterocycles. The largest absolute Gasteiger partial charge is 0.497 e. The van der Waals surface area contributed by atoms with E-state index >= 15 is 0 Å². The first-order valence-electron chi connectivity index (χ1n) is 11.2. The molecule has 10 heteroatoms. The van der Waals surface area contributed by atoms with Gasteiger partial charge in [-0.3, -0.25) is 0 Å². The van der Waals surface area contributed by atoms with Crippen molar-refractivity contribution in [3.63, 3.8) is 0 Å². The van der Waals surface area contributed by atoms with Crippen LogP contribution in [0.3, 0.4) is 0 Å². The summed E-state index contributed by atoms with van der Waals surface area (Å²) in [6, 6.07) is 5.82. The van der Waals surface area contributed by atoms with E-state index in [9.17, 15) is 8.42 Å². The Bertz CT molecular complexity index is 1350. The molecule has 0 spiro atoms. The van der Waals surface area contributed by atoms with E-state index in [-0.39, 0.29) is 6.04 Å². The van der Waals surface area contributed by atoms with Gasteiger partial charge in [0.2, 0.25) is 0 Å². The van der Waals surface area contributed by atoms with Gasteiger partial charge in [0.25, 0.3) is 0 Å². The standard InChI is InChI=1S/C23H26N4O5S/c1-30-15-10-17(16-4-7-24-18(16)11-15)21-25-20(23(5-3-6-23)33(2,28)29)19-22(26-21)27-8-9-31-12-14(27)13-32-19/h4,7,10-11,14,24H,3,5-6,8-9,12-13H2,1-2H3. The molecule has 1 saturated heterocycles. The van der Waals surface area contributed by atoms with Crippen LogP contribution in [0.25, 0.3) is 22.3 Å². The second-order valence-electron chi connectivity index (χ2n) is 9.02. The Morgan fingerprint density at radius 1 is 1.24 bits per heavy atom. The minimum Gasteiger partial charge on any atom is -0.497 e. The van der Waals surface area contributed by atoms with Gasteiger partial charge in [0.05, 0.1) is 26.4 Å². The van der Waals surface area contributed by atoms with Crippen molar-refractivity contribution in [2.24, 2.45) is 0 Å². The van der Waals surface area contributed by atoms with Gasteiger partial charge in [0.15, 0.2) is 27.2 Å². The van der Waals surface area contributed by atoms with Gasteiger partial charge < -0.3 is 24.1 Å². The van der Waals surface area contributed by atoms with Crippen LogP contribution in [-0.4, -0.2) is 69.1 Å². The summed E-state index contributed by atoms with van der Waals surface area (Å²) < 4.78 is 42.4. The Kier molecular flexibility index (Phi) is 4.60. The highest BCUT2D eigenvalue weighted by atomic mass is 32.2. The molecule has 33 heavy (non-hydrogen) atoms. The Morgan fingerprint density at radius 2 is 2.09 bits per heavy atom. The molecule has 1 aromatic carbocycles. The Labute approximate surface area is 192 Å². The second kappa shape index (κ2) is 7.33. The van der Waals surface area contributed by atoms with Crippen LogP contribution in [0.5, 0.6) is 11.5 Å². The van der Waals surface area contributed by atoms with Crippen molar-refractivity contribution in [3.05, 3.63) is 30.1 Å². The Balaban J connectivity index is 1.64. The molecule has 1 aliphatic carbocycles. The number of ether oxygens (including phenoxy) is 3. The third-order valence-electron chi connectivity index (χ3n) is 7.19. The molecule has 2 aliphatic heterocycles. The third kappa shape index (κ3) is 3.03. The number of sulfone groups is 1. The topological polar surface area (TPSA) is 107 Å². The van der Waals surface area contributed by atoms with Crippen molar-refractivity contribution in [1.82, 2.24) is 15.0 Å². The smallest absolute Gasteiger partial charge is 0.185 e. The molecule has 2 aromatic heterocycles. The van der Waals surface area contributed by atoms with Crippen molar-refractivity contribution >= 4 is 26.6 Å². The molecule has 1 unspecified atom stereocenters. The average Bonchev–Trinajstić information content (AvgIpc) is 3.25. The quantitative estimate of drug-likeness (QED) is 0.620. The number of hydrogen-bond acceptors (Lipinski definition) is 8. The number of nitrogens with one attached hydrogen (secondary N) is 1. The molecular formula is C23H26N4O5S. The summed E-state index contributed by atoms with van der Waals surface area (Å²) >= 11 is 0. The van der Waals surface area contributed by atoms with E-state index in [4.69, 9.17) is 24.2 Å². The summed E-state index contributed by atoms with van der Waals surface area (Å²) in [5.41, 5.74) is 2.16. The van der Waals surface area contributed by atoms with E-state index in [1.54, 1.807) is 7.11 Å². The van der Waals surface area contributed by atoms with E-state index in [1.165, 1.54) is 6.26 Å². The molecule has 1 atom stereocenters. The summed E-state index contributed by atoms with van der Waals surface area (Å²) in [7, 11) is -1.81. The molecule has 0 radical (unpaired) electrons. The Morgan fingerprint density at radius 3 is 2.82 bits per heavy atom. The first kappa shape index (κ1) is 20.7. The molecule has 3 aliphatic rings. The molecule has 1 saturated carbocycles. The van der Waals surface area contributed by atoms with Crippen LogP contribution in [-0.2, 0) is 19.3 Å². The normalized spacial score (nSPS) is 21.6. The number of nitrogens with zero attached hydrogens (tertiary/aromatic N) is 3. The molecule has 2 fully saturated rings. The number of hydrogen-bond donors (Lipinski definition) is 1. The summed E-state index contributed by atoms with van der Waals surface area (Å²) in [5, 5.41) is 0.943. The molecule has 0 bridgehead atoms. The first-order valence-corrected chi connectivity index (χ1v) is 13.1. The van der Waals surface area contributed by atoms with Crippen molar-refractivity contribution in [2.75, 3.05) is 44.6 Å². The molecular weight excluding hydrogens is 444 g/mol. The monoisotopic (exact) mass is 470 g/mol. The number of aromatic amines is 1. The average molecular weight is 471 g/mol. The van der Waals surface area contributed by atoms with Crippen LogP contribution in [0, 0.1) is 0 Å². The number of benzene rings is 1. The van der Waals surface area contributed by atoms with E-state index in [0.29, 0.717) is 68.0 Å². The number of fused-ring (bicyclic) bond motifs is 4. The van der Waals surface area contributed by atoms with Gasteiger partial charge >= 0.3 is 0 Å². The third-order valence-corrected chi connectivity index (χ3v) is 9.21. The highest BCUT2D eigenvalue weighted by molar-refractivity contribution is 7.91. The maximum atomic E-state index is 13.0. The second-order valence-corrected chi connectivity index (χ2v) is 11.3. The zero-order valence-corrected chi connectivity index (χ0v) is 19.4. The van der Waals surface area contributed by atoms with E-state index in [2.05, 4.69) is 9.88 Å². The highest BCUT2D eigenvalue weighted by Crippen LogP contribution is 2.53. The summed E-state index contributed by atoms with van der Waals surface area (Å²) in [4.78, 5) is 15.3. The molecule has 0 amide bonds. The fraction of sp³-hybridized carbons (Fsp3) is 0.478. The summed E-state index contributed by atoms with van der Waals surface area (Å²) in [5.74, 6) is 2.29. The lowest BCUT2D eigenvalue weighted by atomic mass is 9.80. The lowest BCUT2D eigenvalue weighted by Gasteiger charge is -2.44. The van der Waals surface area contributed by atoms with Crippen LogP contribution >= 0.6 is 0 Å². The fourth-order valence-electron chi connectivity index (χ4n) is 5.17. The minimum atomic E-state index is -3.43. The predicted octanol–water partition coefficient (Wildman–Crippen LogP) is 2.65. The van der Waals surface area contributed by atoms with Crippen LogP contribution in [0.15, 0.2) is 24.4 Å². The van der Waals surface area contributed by atoms with Crippen LogP contribution in [0.1, 0.15) is 25.0 Å². The molecule has 9 nitrogen and oxygen atoms in total. The fourth-order valence-corrected chi connectivity index (χ4v) is 6.69. The Hall–Kier alpha value is -2.85. The zero-order valence-electron chi connectivity index (χ0n) is 18.6. The molecule has 174 valence electrons. The van der Waals surface area contributed by atoms with Gasteiger partial charge in [-0.1, -0.05) is 0 Å². The van der Waals surface area contributed by atoms with Crippen molar-refractivity contribution in [2.45, 2.75) is 30.1 Å². The van der Waals surface area contributed by atoms with Crippen LogP contribution in [0.2, 0.25) is 0 Å². The van der Waals surface area contributed by atoms with Crippen molar-refractivity contribution in [3.8, 4) is 22.9 Å². The van der Waals surface area contributed by atoms with Gasteiger partial charge in [0, 0.05) is 41.5 Å². The number of rotatable bonds is 4. The number of morpholine rings is 1. The maximum Gasteiger partial charge on any atom is 0.185 e. The lowest BCUT2D eigenvalue weighted by Crippen LogP contribution is -2.52. The SMILES string of the molecule is COc1cc(-c2nc3c(c(C4(S(C)(=O)=O)CCC4)n2)OCC2COCCN32)c2cc[nH]c2c1. The van der Waals surface area contributed by atoms with Gasteiger partial charge in [-0.2, -0.15) is 0 Å². The lowest BCUT2D eigenvalue weighted by molar-refractivity contribution is 0.0688. The van der Waals surface area contributed by atoms with Crippen molar-refractivity contribution in [1.29, 1.82) is 0 Å². The predicted molar refractivity (Wildman–Crippen MR) is 124 cm³/mol. The van der Waals surface area contributed by atoms with E-state index in [0.717, 1.165) is 22.9 Å². The highest BCUT2D eigenvalue weighted by Gasteiger charge is 2.53. The van der Waals surface area contributed by atoms with Crippen LogP contribution < -0.4 is 14.4 Å². The summed E-state index contributed by atoms with van der Waals surface area (Å²) in [6.07, 6.45) is 5.06. The first-order chi connectivity index (χ1) is 15.9. The van der Waals surface area contributed by atoms with Crippen molar-refractivity contribution < 1.29 is 22.6 Å². The minimum absolute atomic E-state index is 0.0370. The molecule has 1 N–H and O–H groups in total. The van der Waals surface area contributed by atoms with Gasteiger partial charge in [-0.25, -0.2) is 18.4 Å².